The van der Waals surface area contributed by atoms with Gasteiger partial charge < -0.3 is 9.73 Å². The number of sulfonamides is 1. The van der Waals surface area contributed by atoms with Crippen LogP contribution in [0.5, 0.6) is 0 Å². The summed E-state index contributed by atoms with van der Waals surface area (Å²) in [6.07, 6.45) is 1.64. The maximum atomic E-state index is 13.1. The Balaban J connectivity index is 1.33. The molecule has 0 radical (unpaired) electrons. The van der Waals surface area contributed by atoms with Crippen LogP contribution in [0.4, 0.5) is 0 Å². The number of fused-ring (bicyclic) bond motifs is 1. The van der Waals surface area contributed by atoms with Gasteiger partial charge in [-0.2, -0.15) is 4.31 Å². The lowest BCUT2D eigenvalue weighted by atomic mass is 9.94. The Hall–Kier alpha value is -2.91. The molecule has 2 aromatic carbocycles. The van der Waals surface area contributed by atoms with E-state index in [2.05, 4.69) is 5.32 Å². The van der Waals surface area contributed by atoms with Gasteiger partial charge in [-0.05, 0) is 43.4 Å². The van der Waals surface area contributed by atoms with Crippen molar-refractivity contribution in [2.75, 3.05) is 13.1 Å². The zero-order chi connectivity index (χ0) is 22.9. The van der Waals surface area contributed by atoms with Gasteiger partial charge in [0.1, 0.15) is 0 Å². The molecule has 1 aliphatic heterocycles. The highest BCUT2D eigenvalue weighted by atomic mass is 32.2. The van der Waals surface area contributed by atoms with Crippen molar-refractivity contribution < 1.29 is 17.6 Å². The van der Waals surface area contributed by atoms with Crippen LogP contribution in [0.2, 0.25) is 0 Å². The van der Waals surface area contributed by atoms with Gasteiger partial charge in [0, 0.05) is 39.2 Å². The number of benzene rings is 2. The summed E-state index contributed by atoms with van der Waals surface area (Å²) in [7, 11) is -2.12. The van der Waals surface area contributed by atoms with Crippen LogP contribution in [0, 0.1) is 12.8 Å². The van der Waals surface area contributed by atoms with E-state index in [9.17, 15) is 18.0 Å². The zero-order valence-corrected chi connectivity index (χ0v) is 19.0. The predicted octanol–water partition coefficient (Wildman–Crippen LogP) is 2.55. The lowest BCUT2D eigenvalue weighted by molar-refractivity contribution is -0.122. The first-order valence-electron chi connectivity index (χ1n) is 10.7. The average Bonchev–Trinajstić information content (AvgIpc) is 3.06. The summed E-state index contributed by atoms with van der Waals surface area (Å²) >= 11 is 0. The fourth-order valence-electron chi connectivity index (χ4n) is 4.02. The molecule has 1 aliphatic rings. The van der Waals surface area contributed by atoms with Crippen molar-refractivity contribution in [3.8, 4) is 0 Å². The third-order valence-corrected chi connectivity index (χ3v) is 7.95. The van der Waals surface area contributed by atoms with E-state index in [1.807, 2.05) is 31.2 Å². The molecule has 8 nitrogen and oxygen atoms in total. The number of aryl methyl sites for hydroxylation is 2. The van der Waals surface area contributed by atoms with Crippen molar-refractivity contribution in [3.05, 3.63) is 64.1 Å². The summed E-state index contributed by atoms with van der Waals surface area (Å²) in [5, 5.41) is 2.95. The molecule has 9 heteroatoms. The topological polar surface area (TPSA) is 102 Å². The quantitative estimate of drug-likeness (QED) is 0.613. The normalized spacial score (nSPS) is 15.8. The fourth-order valence-corrected chi connectivity index (χ4v) is 5.50. The number of oxazole rings is 1. The maximum absolute atomic E-state index is 13.1. The number of carbonyl (C=O) groups is 1. The molecule has 4 rings (SSSR count). The van der Waals surface area contributed by atoms with Gasteiger partial charge in [-0.15, -0.1) is 0 Å². The molecule has 0 unspecified atom stereocenters. The number of rotatable bonds is 6. The van der Waals surface area contributed by atoms with Crippen molar-refractivity contribution in [2.24, 2.45) is 13.0 Å². The summed E-state index contributed by atoms with van der Waals surface area (Å²) in [6, 6.07) is 12.5. The summed E-state index contributed by atoms with van der Waals surface area (Å²) in [5.41, 5.74) is 3.02. The van der Waals surface area contributed by atoms with Gasteiger partial charge in [-0.3, -0.25) is 9.36 Å². The van der Waals surface area contributed by atoms with Crippen LogP contribution in [-0.2, 0) is 28.4 Å². The average molecular weight is 458 g/mol. The Morgan fingerprint density at radius 2 is 1.81 bits per heavy atom. The number of piperidine rings is 1. The largest absolute Gasteiger partial charge is 0.419 e. The van der Waals surface area contributed by atoms with Gasteiger partial charge in [0.15, 0.2) is 5.58 Å². The minimum atomic E-state index is -3.70. The van der Waals surface area contributed by atoms with Gasteiger partial charge in [0.25, 0.3) is 0 Å². The van der Waals surface area contributed by atoms with Crippen LogP contribution < -0.4 is 11.1 Å². The van der Waals surface area contributed by atoms with Gasteiger partial charge in [0.2, 0.25) is 15.9 Å². The van der Waals surface area contributed by atoms with E-state index in [1.165, 1.54) is 26.6 Å². The molecule has 0 bridgehead atoms. The Labute approximate surface area is 186 Å². The summed E-state index contributed by atoms with van der Waals surface area (Å²) < 4.78 is 34.0. The Morgan fingerprint density at radius 1 is 1.12 bits per heavy atom. The van der Waals surface area contributed by atoms with Crippen LogP contribution >= 0.6 is 0 Å². The molecule has 2 heterocycles. The van der Waals surface area contributed by atoms with E-state index in [-0.39, 0.29) is 22.3 Å². The first-order valence-corrected chi connectivity index (χ1v) is 12.1. The molecule has 1 saturated heterocycles. The Bertz CT molecular complexity index is 1280. The van der Waals surface area contributed by atoms with Gasteiger partial charge >= 0.3 is 5.76 Å². The van der Waals surface area contributed by atoms with E-state index < -0.39 is 15.8 Å². The lowest BCUT2D eigenvalue weighted by Gasteiger charge is -2.31. The van der Waals surface area contributed by atoms with E-state index in [1.54, 1.807) is 13.1 Å². The van der Waals surface area contributed by atoms with E-state index in [0.29, 0.717) is 44.4 Å². The molecule has 1 fully saturated rings. The van der Waals surface area contributed by atoms with Gasteiger partial charge in [-0.25, -0.2) is 13.2 Å². The SMILES string of the molecule is Cc1ccc(CNC(=O)CC2CCN(S(=O)(=O)c3ccc4c(c3)oc(=O)n4C)CC2)cc1. The van der Waals surface area contributed by atoms with E-state index in [4.69, 9.17) is 4.42 Å². The first kappa shape index (κ1) is 22.3. The highest BCUT2D eigenvalue weighted by molar-refractivity contribution is 7.89. The monoisotopic (exact) mass is 457 g/mol. The van der Waals surface area contributed by atoms with Crippen LogP contribution in [0.1, 0.15) is 30.4 Å². The molecule has 0 spiro atoms. The van der Waals surface area contributed by atoms with Crippen LogP contribution in [0.3, 0.4) is 0 Å². The number of aromatic nitrogens is 1. The number of nitrogens with one attached hydrogen (secondary N) is 1. The molecule has 0 saturated carbocycles. The number of amides is 1. The number of nitrogens with zero attached hydrogens (tertiary/aromatic N) is 2. The molecular formula is C23H27N3O5S. The molecule has 32 heavy (non-hydrogen) atoms. The van der Waals surface area contributed by atoms with Gasteiger partial charge in [-0.1, -0.05) is 29.8 Å². The van der Waals surface area contributed by atoms with Crippen molar-refractivity contribution in [1.82, 2.24) is 14.2 Å². The highest BCUT2D eigenvalue weighted by Crippen LogP contribution is 2.27. The third-order valence-electron chi connectivity index (χ3n) is 6.06. The molecule has 0 aliphatic carbocycles. The molecule has 1 amide bonds. The van der Waals surface area contributed by atoms with E-state index in [0.717, 1.165) is 5.56 Å². The van der Waals surface area contributed by atoms with E-state index >= 15 is 0 Å². The second-order valence-corrected chi connectivity index (χ2v) is 10.3. The Kier molecular flexibility index (Phi) is 6.21. The molecule has 3 aromatic rings. The number of carbonyl (C=O) groups excluding carboxylic acids is 1. The zero-order valence-electron chi connectivity index (χ0n) is 18.2. The van der Waals surface area contributed by atoms with Crippen LogP contribution in [-0.4, -0.2) is 36.3 Å². The first-order chi connectivity index (χ1) is 15.2. The lowest BCUT2D eigenvalue weighted by Crippen LogP contribution is -2.39. The van der Waals surface area contributed by atoms with Crippen molar-refractivity contribution in [2.45, 2.75) is 37.6 Å². The minimum Gasteiger partial charge on any atom is -0.408 e. The molecule has 0 atom stereocenters. The number of hydrogen-bond donors (Lipinski definition) is 1. The predicted molar refractivity (Wildman–Crippen MR) is 121 cm³/mol. The van der Waals surface area contributed by atoms with Crippen LogP contribution in [0.15, 0.2) is 56.6 Å². The molecular weight excluding hydrogens is 430 g/mol. The van der Waals surface area contributed by atoms with Crippen LogP contribution in [0.25, 0.3) is 11.1 Å². The van der Waals surface area contributed by atoms with Gasteiger partial charge in [0.05, 0.1) is 10.4 Å². The second-order valence-electron chi connectivity index (χ2n) is 8.37. The minimum absolute atomic E-state index is 0.0172. The summed E-state index contributed by atoms with van der Waals surface area (Å²) in [5.74, 6) is -0.401. The van der Waals surface area contributed by atoms with Crippen molar-refractivity contribution in [1.29, 1.82) is 0 Å². The van der Waals surface area contributed by atoms with Crippen molar-refractivity contribution >= 4 is 27.0 Å². The molecule has 1 aromatic heterocycles. The smallest absolute Gasteiger partial charge is 0.408 e. The Morgan fingerprint density at radius 3 is 2.50 bits per heavy atom. The standard InChI is InChI=1S/C23H27N3O5S/c1-16-3-5-18(6-4-16)15-24-22(27)13-17-9-11-26(12-10-17)32(29,30)19-7-8-20-21(14-19)31-23(28)25(20)2/h3-8,14,17H,9-13,15H2,1-2H3,(H,24,27). The second kappa shape index (κ2) is 8.91. The summed E-state index contributed by atoms with van der Waals surface area (Å²) in [6.45, 7) is 3.22. The highest BCUT2D eigenvalue weighted by Gasteiger charge is 2.30. The summed E-state index contributed by atoms with van der Waals surface area (Å²) in [4.78, 5) is 24.1. The molecule has 1 N–H and O–H groups in total. The fraction of sp³-hybridized carbons (Fsp3) is 0.391. The maximum Gasteiger partial charge on any atom is 0.419 e. The van der Waals surface area contributed by atoms with Crippen molar-refractivity contribution in [3.63, 3.8) is 0 Å². The molecule has 170 valence electrons. The number of hydrogen-bond acceptors (Lipinski definition) is 5. The third kappa shape index (κ3) is 4.63.